The number of nitrogen functional groups attached to an aromatic ring is 1. The Kier molecular flexibility index (Phi) is 5.79. The molecule has 1 aromatic heterocycles. The lowest BCUT2D eigenvalue weighted by Gasteiger charge is -2.09. The van der Waals surface area contributed by atoms with Gasteiger partial charge in [-0.05, 0) is 42.0 Å². The molecule has 0 aliphatic rings. The van der Waals surface area contributed by atoms with Crippen molar-refractivity contribution in [2.45, 2.75) is 6.61 Å². The maximum atomic E-state index is 12.7. The predicted molar refractivity (Wildman–Crippen MR) is 117 cm³/mol. The summed E-state index contributed by atoms with van der Waals surface area (Å²) in [4.78, 5) is 12.7. The van der Waals surface area contributed by atoms with Gasteiger partial charge in [0, 0.05) is 5.69 Å². The highest BCUT2D eigenvalue weighted by Crippen LogP contribution is 2.25. The van der Waals surface area contributed by atoms with Crippen LogP contribution < -0.4 is 20.5 Å². The molecule has 0 atom stereocenters. The zero-order valence-corrected chi connectivity index (χ0v) is 16.9. The van der Waals surface area contributed by atoms with E-state index in [9.17, 15) is 4.79 Å². The fraction of sp³-hybridized carbons (Fsp3) is 0.0870. The number of amides is 1. The topological polar surface area (TPSA) is 104 Å². The third kappa shape index (κ3) is 4.48. The van der Waals surface area contributed by atoms with Crippen molar-refractivity contribution in [2.75, 3.05) is 18.2 Å². The molecule has 0 saturated heterocycles. The molecule has 156 valence electrons. The van der Waals surface area contributed by atoms with Gasteiger partial charge in [-0.25, -0.2) is 0 Å². The average molecular weight is 415 g/mol. The van der Waals surface area contributed by atoms with Gasteiger partial charge in [-0.15, -0.1) is 5.10 Å². The minimum absolute atomic E-state index is 0.0234. The number of rotatable bonds is 7. The number of para-hydroxylation sites is 2. The largest absolute Gasteiger partial charge is 0.494 e. The first-order valence-electron chi connectivity index (χ1n) is 9.58. The Hall–Kier alpha value is -4.33. The number of nitrogens with one attached hydrogen (secondary N) is 1. The molecule has 0 bridgehead atoms. The second-order valence-corrected chi connectivity index (χ2v) is 6.66. The van der Waals surface area contributed by atoms with Crippen LogP contribution in [0.4, 0.5) is 11.5 Å². The number of methoxy groups -OCH3 is 1. The summed E-state index contributed by atoms with van der Waals surface area (Å²) in [6.07, 6.45) is 0. The van der Waals surface area contributed by atoms with E-state index < -0.39 is 5.91 Å². The van der Waals surface area contributed by atoms with Crippen molar-refractivity contribution in [3.05, 3.63) is 90.1 Å². The minimum Gasteiger partial charge on any atom is -0.494 e. The van der Waals surface area contributed by atoms with Crippen LogP contribution in [-0.2, 0) is 6.61 Å². The number of ether oxygens (including phenoxy) is 2. The lowest BCUT2D eigenvalue weighted by Crippen LogP contribution is -2.15. The van der Waals surface area contributed by atoms with Crippen molar-refractivity contribution < 1.29 is 14.3 Å². The van der Waals surface area contributed by atoms with Crippen LogP contribution in [0.15, 0.2) is 78.9 Å². The molecule has 0 radical (unpaired) electrons. The van der Waals surface area contributed by atoms with E-state index >= 15 is 0 Å². The molecule has 0 unspecified atom stereocenters. The Morgan fingerprint density at radius 2 is 1.71 bits per heavy atom. The molecule has 3 N–H and O–H groups in total. The van der Waals surface area contributed by atoms with E-state index in [1.54, 1.807) is 43.5 Å². The summed E-state index contributed by atoms with van der Waals surface area (Å²) < 4.78 is 12.5. The van der Waals surface area contributed by atoms with E-state index in [2.05, 4.69) is 15.6 Å². The van der Waals surface area contributed by atoms with Gasteiger partial charge in [0.05, 0.1) is 7.11 Å². The molecule has 8 heteroatoms. The molecule has 0 spiro atoms. The molecule has 0 fully saturated rings. The molecule has 0 aliphatic carbocycles. The van der Waals surface area contributed by atoms with Gasteiger partial charge >= 0.3 is 0 Å². The van der Waals surface area contributed by atoms with E-state index in [1.807, 2.05) is 42.5 Å². The average Bonchev–Trinajstić information content (AvgIpc) is 3.20. The monoisotopic (exact) mass is 415 g/mol. The van der Waals surface area contributed by atoms with Crippen LogP contribution in [0.5, 0.6) is 11.5 Å². The van der Waals surface area contributed by atoms with E-state index in [4.69, 9.17) is 15.2 Å². The van der Waals surface area contributed by atoms with E-state index in [0.29, 0.717) is 29.5 Å². The van der Waals surface area contributed by atoms with Crippen molar-refractivity contribution >= 4 is 17.4 Å². The highest BCUT2D eigenvalue weighted by atomic mass is 16.5. The Morgan fingerprint density at radius 3 is 2.45 bits per heavy atom. The van der Waals surface area contributed by atoms with Crippen molar-refractivity contribution in [3.63, 3.8) is 0 Å². The maximum Gasteiger partial charge on any atom is 0.280 e. The number of carbonyl (C=O) groups excluding carboxylic acids is 1. The summed E-state index contributed by atoms with van der Waals surface area (Å²) in [6.45, 7) is 0.467. The molecule has 31 heavy (non-hydrogen) atoms. The molecular weight excluding hydrogens is 394 g/mol. The van der Waals surface area contributed by atoms with Crippen LogP contribution >= 0.6 is 0 Å². The second kappa shape index (κ2) is 9.00. The Balaban J connectivity index is 1.43. The van der Waals surface area contributed by atoms with Crippen LogP contribution in [0.2, 0.25) is 0 Å². The highest BCUT2D eigenvalue weighted by Gasteiger charge is 2.20. The third-order valence-electron chi connectivity index (χ3n) is 4.59. The Morgan fingerprint density at radius 1 is 1.00 bits per heavy atom. The molecule has 3 aromatic carbocycles. The number of benzene rings is 3. The maximum absolute atomic E-state index is 12.7. The zero-order chi connectivity index (χ0) is 21.6. The van der Waals surface area contributed by atoms with Crippen molar-refractivity contribution in [1.29, 1.82) is 0 Å². The van der Waals surface area contributed by atoms with E-state index in [-0.39, 0.29) is 11.5 Å². The fourth-order valence-corrected chi connectivity index (χ4v) is 3.00. The van der Waals surface area contributed by atoms with Gasteiger partial charge in [0.25, 0.3) is 5.91 Å². The number of nitrogens with zero attached hydrogens (tertiary/aromatic N) is 3. The summed E-state index contributed by atoms with van der Waals surface area (Å²) in [5.74, 6) is 0.919. The molecule has 0 aliphatic heterocycles. The van der Waals surface area contributed by atoms with Crippen LogP contribution in [-0.4, -0.2) is 28.0 Å². The number of carbonyl (C=O) groups is 1. The van der Waals surface area contributed by atoms with E-state index in [0.717, 1.165) is 5.56 Å². The Bertz CT molecular complexity index is 1170. The quantitative estimate of drug-likeness (QED) is 0.477. The van der Waals surface area contributed by atoms with Crippen molar-refractivity contribution in [1.82, 2.24) is 15.0 Å². The molecule has 8 nitrogen and oxygen atoms in total. The molecule has 1 amide bonds. The SMILES string of the molecule is COc1ccccc1-n1nnc(C(=O)Nc2ccc(OCc3ccccc3)cc2)c1N. The van der Waals surface area contributed by atoms with Gasteiger partial charge in [0.15, 0.2) is 11.5 Å². The highest BCUT2D eigenvalue weighted by molar-refractivity contribution is 6.05. The minimum atomic E-state index is -0.461. The number of hydrogen-bond acceptors (Lipinski definition) is 6. The van der Waals surface area contributed by atoms with Gasteiger partial charge in [0.1, 0.15) is 23.8 Å². The second-order valence-electron chi connectivity index (χ2n) is 6.66. The number of anilines is 2. The molecule has 1 heterocycles. The first-order valence-corrected chi connectivity index (χ1v) is 9.58. The van der Waals surface area contributed by atoms with Crippen LogP contribution in [0.1, 0.15) is 16.1 Å². The number of hydrogen-bond donors (Lipinski definition) is 2. The van der Waals surface area contributed by atoms with Crippen LogP contribution in [0.25, 0.3) is 5.69 Å². The summed E-state index contributed by atoms with van der Waals surface area (Å²) in [6, 6.07) is 24.2. The molecule has 4 rings (SSSR count). The number of aromatic nitrogens is 3. The summed E-state index contributed by atoms with van der Waals surface area (Å²) >= 11 is 0. The first-order chi connectivity index (χ1) is 15.2. The standard InChI is InChI=1S/C23H21N5O3/c1-30-20-10-6-5-9-19(20)28-22(24)21(26-27-28)23(29)25-17-11-13-18(14-12-17)31-15-16-7-3-2-4-8-16/h2-14H,15,24H2,1H3,(H,25,29). The van der Waals surface area contributed by atoms with Gasteiger partial charge in [-0.3, -0.25) is 4.79 Å². The van der Waals surface area contributed by atoms with Gasteiger partial charge in [0.2, 0.25) is 0 Å². The van der Waals surface area contributed by atoms with Crippen LogP contribution in [0, 0.1) is 0 Å². The summed E-state index contributed by atoms with van der Waals surface area (Å²) in [5.41, 5.74) is 8.41. The normalized spacial score (nSPS) is 10.5. The summed E-state index contributed by atoms with van der Waals surface area (Å²) in [7, 11) is 1.55. The third-order valence-corrected chi connectivity index (χ3v) is 4.59. The van der Waals surface area contributed by atoms with Crippen molar-refractivity contribution in [3.8, 4) is 17.2 Å². The van der Waals surface area contributed by atoms with Gasteiger partial charge in [-0.2, -0.15) is 4.68 Å². The zero-order valence-electron chi connectivity index (χ0n) is 16.9. The molecule has 0 saturated carbocycles. The Labute approximate surface area is 179 Å². The molecule has 4 aromatic rings. The van der Waals surface area contributed by atoms with Crippen molar-refractivity contribution in [2.24, 2.45) is 0 Å². The van der Waals surface area contributed by atoms with E-state index in [1.165, 1.54) is 4.68 Å². The first kappa shape index (κ1) is 20.0. The fourth-order valence-electron chi connectivity index (χ4n) is 3.00. The van der Waals surface area contributed by atoms with Gasteiger partial charge < -0.3 is 20.5 Å². The van der Waals surface area contributed by atoms with Gasteiger partial charge in [-0.1, -0.05) is 47.7 Å². The molecular formula is C23H21N5O3. The smallest absolute Gasteiger partial charge is 0.280 e. The lowest BCUT2D eigenvalue weighted by molar-refractivity contribution is 0.102. The predicted octanol–water partition coefficient (Wildman–Crippen LogP) is 3.69. The number of nitrogens with two attached hydrogens (primary N) is 1. The summed E-state index contributed by atoms with van der Waals surface area (Å²) in [5, 5.41) is 10.7. The lowest BCUT2D eigenvalue weighted by atomic mass is 10.2. The van der Waals surface area contributed by atoms with Crippen LogP contribution in [0.3, 0.4) is 0 Å².